The molecule has 1 aromatic rings. The summed E-state index contributed by atoms with van der Waals surface area (Å²) in [5.41, 5.74) is 4.97. The van der Waals surface area contributed by atoms with Gasteiger partial charge in [-0.1, -0.05) is 0 Å². The van der Waals surface area contributed by atoms with Gasteiger partial charge < -0.3 is 19.9 Å². The molecule has 0 saturated heterocycles. The summed E-state index contributed by atoms with van der Waals surface area (Å²) in [4.78, 5) is 22.0. The van der Waals surface area contributed by atoms with Gasteiger partial charge in [0.2, 0.25) is 0 Å². The number of carbonyl (C=O) groups excluding carboxylic acids is 2. The van der Waals surface area contributed by atoms with Crippen LogP contribution in [0.15, 0.2) is 24.3 Å². The molecule has 0 aromatic heterocycles. The monoisotopic (exact) mass is 267 g/mol. The fourth-order valence-corrected chi connectivity index (χ4v) is 1.23. The van der Waals surface area contributed by atoms with Crippen LogP contribution in [0.2, 0.25) is 0 Å². The molecular formula is C13H17NO5. The maximum atomic E-state index is 11.3. The highest BCUT2D eigenvalue weighted by atomic mass is 16.6. The predicted molar refractivity (Wildman–Crippen MR) is 67.9 cm³/mol. The van der Waals surface area contributed by atoms with Crippen LogP contribution in [0.4, 0.5) is 0 Å². The molecule has 0 aliphatic rings. The van der Waals surface area contributed by atoms with Crippen LogP contribution < -0.4 is 15.2 Å². The highest BCUT2D eigenvalue weighted by Gasteiger charge is 2.14. The van der Waals surface area contributed by atoms with Crippen LogP contribution in [0, 0.1) is 0 Å². The van der Waals surface area contributed by atoms with E-state index in [1.165, 1.54) is 6.92 Å². The molecular weight excluding hydrogens is 250 g/mol. The molecule has 0 bridgehead atoms. The largest absolute Gasteiger partial charge is 0.494 e. The lowest BCUT2D eigenvalue weighted by Gasteiger charge is -2.10. The van der Waals surface area contributed by atoms with Crippen LogP contribution in [0.25, 0.3) is 0 Å². The summed E-state index contributed by atoms with van der Waals surface area (Å²) >= 11 is 0. The molecule has 1 rings (SSSR count). The number of rotatable bonds is 7. The highest BCUT2D eigenvalue weighted by Crippen LogP contribution is 2.17. The second kappa shape index (κ2) is 7.25. The molecule has 1 amide bonds. The molecule has 104 valence electrons. The van der Waals surface area contributed by atoms with Crippen LogP contribution in [-0.2, 0) is 14.3 Å². The van der Waals surface area contributed by atoms with E-state index in [0.29, 0.717) is 12.4 Å². The summed E-state index contributed by atoms with van der Waals surface area (Å²) in [5, 5.41) is 0. The van der Waals surface area contributed by atoms with Crippen molar-refractivity contribution in [3.05, 3.63) is 24.3 Å². The van der Waals surface area contributed by atoms with Crippen molar-refractivity contribution in [1.82, 2.24) is 0 Å². The first-order chi connectivity index (χ1) is 9.02. The van der Waals surface area contributed by atoms with Crippen molar-refractivity contribution in [2.24, 2.45) is 5.73 Å². The van der Waals surface area contributed by atoms with Gasteiger partial charge in [-0.05, 0) is 38.1 Å². The number of esters is 1. The molecule has 0 saturated carbocycles. The van der Waals surface area contributed by atoms with Crippen molar-refractivity contribution >= 4 is 11.9 Å². The zero-order valence-corrected chi connectivity index (χ0v) is 10.9. The maximum Gasteiger partial charge on any atom is 0.344 e. The van der Waals surface area contributed by atoms with Crippen molar-refractivity contribution in [2.75, 3.05) is 13.2 Å². The number of ether oxygens (including phenoxy) is 3. The van der Waals surface area contributed by atoms with Gasteiger partial charge >= 0.3 is 5.97 Å². The molecule has 0 heterocycles. The van der Waals surface area contributed by atoms with E-state index in [0.717, 1.165) is 5.75 Å². The van der Waals surface area contributed by atoms with E-state index in [1.54, 1.807) is 24.3 Å². The van der Waals surface area contributed by atoms with Crippen LogP contribution in [0.3, 0.4) is 0 Å². The van der Waals surface area contributed by atoms with Gasteiger partial charge in [-0.2, -0.15) is 0 Å². The fourth-order valence-electron chi connectivity index (χ4n) is 1.23. The van der Waals surface area contributed by atoms with Crippen LogP contribution >= 0.6 is 0 Å². The second-order valence-corrected chi connectivity index (χ2v) is 3.73. The first-order valence-electron chi connectivity index (χ1n) is 5.87. The molecule has 1 aromatic carbocycles. The standard InChI is InChI=1S/C13H17NO5/c1-3-17-10-4-6-11(7-5-10)18-8-12(15)19-9(2)13(14)16/h4-7,9H,3,8H2,1-2H3,(H2,14,16)/t9-/m1/s1. The maximum absolute atomic E-state index is 11.3. The first-order valence-corrected chi connectivity index (χ1v) is 5.87. The number of benzene rings is 1. The van der Waals surface area contributed by atoms with E-state index in [1.807, 2.05) is 6.92 Å². The summed E-state index contributed by atoms with van der Waals surface area (Å²) in [6.45, 7) is 3.58. The van der Waals surface area contributed by atoms with Crippen LogP contribution in [0.1, 0.15) is 13.8 Å². The summed E-state index contributed by atoms with van der Waals surface area (Å²) < 4.78 is 15.2. The Morgan fingerprint density at radius 2 is 1.68 bits per heavy atom. The van der Waals surface area contributed by atoms with Crippen LogP contribution in [0.5, 0.6) is 11.5 Å². The van der Waals surface area contributed by atoms with Gasteiger partial charge in [-0.25, -0.2) is 4.79 Å². The smallest absolute Gasteiger partial charge is 0.344 e. The number of primary amides is 1. The van der Waals surface area contributed by atoms with E-state index in [2.05, 4.69) is 0 Å². The Bertz CT molecular complexity index is 429. The molecule has 19 heavy (non-hydrogen) atoms. The Morgan fingerprint density at radius 1 is 1.16 bits per heavy atom. The van der Waals surface area contributed by atoms with Gasteiger partial charge in [0.05, 0.1) is 6.61 Å². The molecule has 0 aliphatic heterocycles. The Morgan fingerprint density at radius 3 is 2.16 bits per heavy atom. The minimum absolute atomic E-state index is 0.286. The van der Waals surface area contributed by atoms with Crippen molar-refractivity contribution in [2.45, 2.75) is 20.0 Å². The third kappa shape index (κ3) is 5.29. The zero-order valence-electron chi connectivity index (χ0n) is 10.9. The molecule has 0 unspecified atom stereocenters. The SMILES string of the molecule is CCOc1ccc(OCC(=O)O[C@H](C)C(N)=O)cc1. The molecule has 0 radical (unpaired) electrons. The molecule has 1 atom stereocenters. The topological polar surface area (TPSA) is 87.8 Å². The number of nitrogens with two attached hydrogens (primary N) is 1. The molecule has 2 N–H and O–H groups in total. The molecule has 6 heteroatoms. The van der Waals surface area contributed by atoms with E-state index < -0.39 is 18.0 Å². The van der Waals surface area contributed by atoms with Crippen molar-refractivity contribution < 1.29 is 23.8 Å². The third-order valence-corrected chi connectivity index (χ3v) is 2.20. The number of carbonyl (C=O) groups is 2. The predicted octanol–water partition coefficient (Wildman–Crippen LogP) is 0.881. The average Bonchev–Trinajstić information content (AvgIpc) is 2.38. The lowest BCUT2D eigenvalue weighted by Crippen LogP contribution is -2.32. The lowest BCUT2D eigenvalue weighted by molar-refractivity contribution is -0.155. The Hall–Kier alpha value is -2.24. The van der Waals surface area contributed by atoms with E-state index in [-0.39, 0.29) is 6.61 Å². The Kier molecular flexibility index (Phi) is 5.66. The van der Waals surface area contributed by atoms with E-state index in [4.69, 9.17) is 19.9 Å². The zero-order chi connectivity index (χ0) is 14.3. The van der Waals surface area contributed by atoms with Gasteiger partial charge in [0, 0.05) is 0 Å². The number of hydrogen-bond acceptors (Lipinski definition) is 5. The Balaban J connectivity index is 2.39. The Labute approximate surface area is 111 Å². The minimum Gasteiger partial charge on any atom is -0.494 e. The second-order valence-electron chi connectivity index (χ2n) is 3.73. The molecule has 6 nitrogen and oxygen atoms in total. The van der Waals surface area contributed by atoms with E-state index >= 15 is 0 Å². The van der Waals surface area contributed by atoms with Gasteiger partial charge in [-0.3, -0.25) is 4.79 Å². The molecule has 0 aliphatic carbocycles. The highest BCUT2D eigenvalue weighted by molar-refractivity contribution is 5.82. The summed E-state index contributed by atoms with van der Waals surface area (Å²) in [5.74, 6) is -0.124. The summed E-state index contributed by atoms with van der Waals surface area (Å²) in [7, 11) is 0. The number of amides is 1. The molecule has 0 fully saturated rings. The first kappa shape index (κ1) is 14.8. The lowest BCUT2D eigenvalue weighted by atomic mass is 10.3. The average molecular weight is 267 g/mol. The molecule has 0 spiro atoms. The van der Waals surface area contributed by atoms with Crippen LogP contribution in [-0.4, -0.2) is 31.2 Å². The fraction of sp³-hybridized carbons (Fsp3) is 0.385. The van der Waals surface area contributed by atoms with Gasteiger partial charge in [0.1, 0.15) is 11.5 Å². The quantitative estimate of drug-likeness (QED) is 0.741. The van der Waals surface area contributed by atoms with Gasteiger partial charge in [0.15, 0.2) is 12.7 Å². The minimum atomic E-state index is -0.962. The van der Waals surface area contributed by atoms with Gasteiger partial charge in [0.25, 0.3) is 5.91 Å². The van der Waals surface area contributed by atoms with E-state index in [9.17, 15) is 9.59 Å². The summed E-state index contributed by atoms with van der Waals surface area (Å²) in [6, 6.07) is 6.82. The van der Waals surface area contributed by atoms with Gasteiger partial charge in [-0.15, -0.1) is 0 Å². The third-order valence-electron chi connectivity index (χ3n) is 2.20. The van der Waals surface area contributed by atoms with Crippen molar-refractivity contribution in [3.8, 4) is 11.5 Å². The van der Waals surface area contributed by atoms with Crippen molar-refractivity contribution in [3.63, 3.8) is 0 Å². The van der Waals surface area contributed by atoms with Crippen molar-refractivity contribution in [1.29, 1.82) is 0 Å². The summed E-state index contributed by atoms with van der Waals surface area (Å²) in [6.07, 6.45) is -0.962. The number of hydrogen-bond donors (Lipinski definition) is 1. The normalized spacial score (nSPS) is 11.5.